The number of aromatic nitrogens is 2. The summed E-state index contributed by atoms with van der Waals surface area (Å²) < 4.78 is 3.30. The van der Waals surface area contributed by atoms with E-state index in [0.717, 1.165) is 24.9 Å². The maximum Gasteiger partial charge on any atom is 0.0767 e. The second-order valence-electron chi connectivity index (χ2n) is 6.06. The zero-order valence-electron chi connectivity index (χ0n) is 12.0. The Morgan fingerprint density at radius 3 is 2.79 bits per heavy atom. The van der Waals surface area contributed by atoms with Crippen LogP contribution in [0.4, 0.5) is 0 Å². The quantitative estimate of drug-likeness (QED) is 0.847. The van der Waals surface area contributed by atoms with Crippen LogP contribution in [0.2, 0.25) is 0 Å². The van der Waals surface area contributed by atoms with Crippen LogP contribution in [-0.2, 0) is 20.0 Å². The second kappa shape index (κ2) is 5.57. The summed E-state index contributed by atoms with van der Waals surface area (Å²) in [5.74, 6) is 0.964. The zero-order valence-corrected chi connectivity index (χ0v) is 13.6. The van der Waals surface area contributed by atoms with E-state index in [0.29, 0.717) is 0 Å². The molecule has 2 fully saturated rings. The van der Waals surface area contributed by atoms with Gasteiger partial charge >= 0.3 is 0 Å². The lowest BCUT2D eigenvalue weighted by molar-refractivity contribution is 0.172. The Morgan fingerprint density at radius 2 is 2.05 bits per heavy atom. The Morgan fingerprint density at radius 1 is 1.26 bits per heavy atom. The lowest BCUT2D eigenvalue weighted by Crippen LogP contribution is -2.34. The van der Waals surface area contributed by atoms with Gasteiger partial charge in [-0.25, -0.2) is 0 Å². The average molecular weight is 326 g/mol. The van der Waals surface area contributed by atoms with Crippen molar-refractivity contribution >= 4 is 15.9 Å². The molecule has 2 aliphatic rings. The van der Waals surface area contributed by atoms with Crippen molar-refractivity contribution in [3.63, 3.8) is 0 Å². The molecule has 3 rings (SSSR count). The fraction of sp³-hybridized carbons (Fsp3) is 0.800. The third-order valence-corrected chi connectivity index (χ3v) is 5.90. The van der Waals surface area contributed by atoms with E-state index in [1.165, 1.54) is 54.5 Å². The fourth-order valence-electron chi connectivity index (χ4n) is 3.88. The Labute approximate surface area is 124 Å². The summed E-state index contributed by atoms with van der Waals surface area (Å²) in [6, 6.07) is 0.834. The van der Waals surface area contributed by atoms with Gasteiger partial charge in [-0.3, -0.25) is 9.58 Å². The highest BCUT2D eigenvalue weighted by Gasteiger charge is 2.36. The van der Waals surface area contributed by atoms with Crippen LogP contribution in [0.25, 0.3) is 0 Å². The molecule has 1 aromatic heterocycles. The van der Waals surface area contributed by atoms with Crippen molar-refractivity contribution in [3.8, 4) is 0 Å². The van der Waals surface area contributed by atoms with Gasteiger partial charge in [-0.2, -0.15) is 5.10 Å². The van der Waals surface area contributed by atoms with Gasteiger partial charge in [0, 0.05) is 19.6 Å². The van der Waals surface area contributed by atoms with Gasteiger partial charge in [0.15, 0.2) is 0 Å². The first-order chi connectivity index (χ1) is 9.20. The van der Waals surface area contributed by atoms with Gasteiger partial charge in [0.05, 0.1) is 15.9 Å². The standard InChI is InChI=1S/C15H24BrN3/c1-3-12-15(16)14(18(2)17-12)10-19-9-8-11-6-4-5-7-13(11)19/h11,13H,3-10H2,1-2H3. The van der Waals surface area contributed by atoms with Crippen LogP contribution in [0.1, 0.15) is 50.4 Å². The number of hydrogen-bond acceptors (Lipinski definition) is 2. The molecule has 0 radical (unpaired) electrons. The summed E-state index contributed by atoms with van der Waals surface area (Å²) in [7, 11) is 2.08. The third kappa shape index (κ3) is 2.49. The van der Waals surface area contributed by atoms with Crippen LogP contribution < -0.4 is 0 Å². The van der Waals surface area contributed by atoms with Gasteiger partial charge in [0.25, 0.3) is 0 Å². The van der Waals surface area contributed by atoms with Crippen molar-refractivity contribution in [1.29, 1.82) is 0 Å². The first-order valence-corrected chi connectivity index (χ1v) is 8.44. The maximum absolute atomic E-state index is 4.62. The van der Waals surface area contributed by atoms with E-state index in [1.807, 2.05) is 0 Å². The molecule has 0 aromatic carbocycles. The van der Waals surface area contributed by atoms with E-state index in [-0.39, 0.29) is 0 Å². The highest BCUT2D eigenvalue weighted by molar-refractivity contribution is 9.10. The summed E-state index contributed by atoms with van der Waals surface area (Å²) in [6.07, 6.45) is 8.13. The van der Waals surface area contributed by atoms with Crippen molar-refractivity contribution in [3.05, 3.63) is 15.9 Å². The number of rotatable bonds is 3. The van der Waals surface area contributed by atoms with Crippen molar-refractivity contribution < 1.29 is 0 Å². The van der Waals surface area contributed by atoms with Crippen LogP contribution in [0, 0.1) is 5.92 Å². The molecule has 2 heterocycles. The molecule has 0 spiro atoms. The molecule has 4 heteroatoms. The molecule has 2 atom stereocenters. The third-order valence-electron chi connectivity index (χ3n) is 4.98. The van der Waals surface area contributed by atoms with E-state index >= 15 is 0 Å². The van der Waals surface area contributed by atoms with Crippen molar-refractivity contribution in [2.45, 2.75) is 58.0 Å². The average Bonchev–Trinajstić information content (AvgIpc) is 2.95. The molecule has 0 amide bonds. The Hall–Kier alpha value is -0.350. The van der Waals surface area contributed by atoms with E-state index in [1.54, 1.807) is 0 Å². The summed E-state index contributed by atoms with van der Waals surface area (Å²) in [5, 5.41) is 4.62. The largest absolute Gasteiger partial charge is 0.294 e. The lowest BCUT2D eigenvalue weighted by Gasteiger charge is -2.31. The van der Waals surface area contributed by atoms with Gasteiger partial charge in [-0.1, -0.05) is 19.8 Å². The molecule has 0 N–H and O–H groups in total. The topological polar surface area (TPSA) is 21.1 Å². The summed E-state index contributed by atoms with van der Waals surface area (Å²) in [5.41, 5.74) is 2.54. The van der Waals surface area contributed by atoms with Crippen LogP contribution in [0.15, 0.2) is 4.47 Å². The first kappa shape index (κ1) is 13.6. The van der Waals surface area contributed by atoms with Crippen LogP contribution in [-0.4, -0.2) is 27.3 Å². The minimum atomic E-state index is 0.834. The van der Waals surface area contributed by atoms with Crippen molar-refractivity contribution in [2.75, 3.05) is 6.54 Å². The zero-order chi connectivity index (χ0) is 13.4. The van der Waals surface area contributed by atoms with Gasteiger partial charge in [0.2, 0.25) is 0 Å². The van der Waals surface area contributed by atoms with Crippen molar-refractivity contribution in [2.24, 2.45) is 13.0 Å². The molecule has 1 aromatic rings. The SMILES string of the molecule is CCc1nn(C)c(CN2CCC3CCCCC32)c1Br. The number of halogens is 1. The summed E-state index contributed by atoms with van der Waals surface area (Å²) in [6.45, 7) is 4.50. The Bertz CT molecular complexity index is 454. The summed E-state index contributed by atoms with van der Waals surface area (Å²) >= 11 is 3.75. The molecule has 1 aliphatic carbocycles. The minimum Gasteiger partial charge on any atom is -0.294 e. The predicted molar refractivity (Wildman–Crippen MR) is 81.1 cm³/mol. The number of fused-ring (bicyclic) bond motifs is 1. The normalized spacial score (nSPS) is 27.7. The van der Waals surface area contributed by atoms with E-state index in [9.17, 15) is 0 Å². The molecule has 19 heavy (non-hydrogen) atoms. The Kier molecular flexibility index (Phi) is 3.99. The van der Waals surface area contributed by atoms with Crippen LogP contribution in [0.5, 0.6) is 0 Å². The van der Waals surface area contributed by atoms with Gasteiger partial charge < -0.3 is 0 Å². The molecule has 2 unspecified atom stereocenters. The van der Waals surface area contributed by atoms with Crippen LogP contribution >= 0.6 is 15.9 Å². The molecular weight excluding hydrogens is 302 g/mol. The lowest BCUT2D eigenvalue weighted by atomic mass is 9.85. The minimum absolute atomic E-state index is 0.834. The van der Waals surface area contributed by atoms with Crippen molar-refractivity contribution in [1.82, 2.24) is 14.7 Å². The maximum atomic E-state index is 4.62. The molecule has 1 saturated heterocycles. The molecule has 3 nitrogen and oxygen atoms in total. The Balaban J connectivity index is 1.76. The predicted octanol–water partition coefficient (Wildman–Crippen LogP) is 3.51. The fourth-order valence-corrected chi connectivity index (χ4v) is 4.62. The highest BCUT2D eigenvalue weighted by atomic mass is 79.9. The second-order valence-corrected chi connectivity index (χ2v) is 6.85. The summed E-state index contributed by atoms with van der Waals surface area (Å²) in [4.78, 5) is 2.70. The van der Waals surface area contributed by atoms with Gasteiger partial charge in [-0.05, 0) is 54.1 Å². The molecule has 0 bridgehead atoms. The molecule has 106 valence electrons. The van der Waals surface area contributed by atoms with Gasteiger partial charge in [0.1, 0.15) is 0 Å². The number of likely N-dealkylation sites (tertiary alicyclic amines) is 1. The molecular formula is C15H24BrN3. The smallest absolute Gasteiger partial charge is 0.0767 e. The van der Waals surface area contributed by atoms with Gasteiger partial charge in [-0.15, -0.1) is 0 Å². The first-order valence-electron chi connectivity index (χ1n) is 7.65. The number of hydrogen-bond donors (Lipinski definition) is 0. The number of aryl methyl sites for hydroxylation is 2. The van der Waals surface area contributed by atoms with E-state index < -0.39 is 0 Å². The molecule has 1 aliphatic heterocycles. The van der Waals surface area contributed by atoms with Crippen LogP contribution in [0.3, 0.4) is 0 Å². The highest BCUT2D eigenvalue weighted by Crippen LogP contribution is 2.37. The monoisotopic (exact) mass is 325 g/mol. The number of nitrogens with zero attached hydrogens (tertiary/aromatic N) is 3. The molecule has 1 saturated carbocycles. The van der Waals surface area contributed by atoms with E-state index in [4.69, 9.17) is 0 Å². The van der Waals surface area contributed by atoms with E-state index in [2.05, 4.69) is 44.6 Å².